The lowest BCUT2D eigenvalue weighted by molar-refractivity contribution is -0.870. The molecule has 0 aromatic rings. The highest BCUT2D eigenvalue weighted by atomic mass is 31.2. The Labute approximate surface area is 358 Å². The van der Waals surface area contributed by atoms with Crippen molar-refractivity contribution in [3.05, 3.63) is 12.2 Å². The van der Waals surface area contributed by atoms with Crippen molar-refractivity contribution in [1.29, 1.82) is 0 Å². The van der Waals surface area contributed by atoms with Gasteiger partial charge in [-0.1, -0.05) is 193 Å². The van der Waals surface area contributed by atoms with Crippen LogP contribution in [0.15, 0.2) is 12.2 Å². The number of allylic oxidation sites excluding steroid dienone is 2. The number of nitrogens with zero attached hydrogens (tertiary/aromatic N) is 1. The molecule has 1 N–H and O–H groups in total. The molecule has 0 spiro atoms. The van der Waals surface area contributed by atoms with Gasteiger partial charge in [-0.25, -0.2) is 4.57 Å². The predicted molar refractivity (Wildman–Crippen MR) is 243 cm³/mol. The zero-order valence-electron chi connectivity index (χ0n) is 38.8. The molecule has 0 saturated carbocycles. The van der Waals surface area contributed by atoms with Crippen LogP contribution in [-0.4, -0.2) is 74.9 Å². The second-order valence-electron chi connectivity index (χ2n) is 17.9. The molecule has 2 atom stereocenters. The fourth-order valence-electron chi connectivity index (χ4n) is 6.95. The van der Waals surface area contributed by atoms with Gasteiger partial charge in [-0.2, -0.15) is 0 Å². The Hall–Kier alpha value is -1.25. The van der Waals surface area contributed by atoms with Gasteiger partial charge in [0.1, 0.15) is 19.8 Å². The van der Waals surface area contributed by atoms with Gasteiger partial charge in [-0.3, -0.25) is 18.6 Å². The molecule has 10 heteroatoms. The lowest BCUT2D eigenvalue weighted by Gasteiger charge is -2.24. The van der Waals surface area contributed by atoms with Gasteiger partial charge in [0.05, 0.1) is 27.7 Å². The Morgan fingerprint density at radius 2 is 0.879 bits per heavy atom. The van der Waals surface area contributed by atoms with Crippen LogP contribution in [0.4, 0.5) is 0 Å². The molecule has 0 aromatic heterocycles. The third-order valence-corrected chi connectivity index (χ3v) is 11.8. The molecule has 9 nitrogen and oxygen atoms in total. The highest BCUT2D eigenvalue weighted by molar-refractivity contribution is 7.47. The Morgan fingerprint density at radius 3 is 1.31 bits per heavy atom. The first-order valence-electron chi connectivity index (χ1n) is 24.4. The van der Waals surface area contributed by atoms with Crippen molar-refractivity contribution in [2.45, 2.75) is 238 Å². The molecule has 0 aliphatic heterocycles. The summed E-state index contributed by atoms with van der Waals surface area (Å²) in [6.45, 7) is 4.42. The summed E-state index contributed by atoms with van der Waals surface area (Å²) >= 11 is 0. The maximum absolute atomic E-state index is 12.7. The van der Waals surface area contributed by atoms with Gasteiger partial charge >= 0.3 is 19.8 Å². The van der Waals surface area contributed by atoms with Crippen LogP contribution in [0.3, 0.4) is 0 Å². The summed E-state index contributed by atoms with van der Waals surface area (Å²) in [5.74, 6) is -0.797. The van der Waals surface area contributed by atoms with Crippen LogP contribution in [-0.2, 0) is 32.7 Å². The largest absolute Gasteiger partial charge is 0.472 e. The fourth-order valence-corrected chi connectivity index (χ4v) is 7.69. The monoisotopic (exact) mass is 845 g/mol. The van der Waals surface area contributed by atoms with Crippen LogP contribution in [0.5, 0.6) is 0 Å². The van der Waals surface area contributed by atoms with Gasteiger partial charge < -0.3 is 18.9 Å². The average Bonchev–Trinajstić information content (AvgIpc) is 3.17. The number of likely N-dealkylation sites (N-methyl/N-ethyl adjacent to an activating group) is 1. The van der Waals surface area contributed by atoms with E-state index in [2.05, 4.69) is 26.0 Å². The number of phosphoric acid groups is 1. The minimum atomic E-state index is -4.37. The van der Waals surface area contributed by atoms with Crippen LogP contribution < -0.4 is 0 Å². The van der Waals surface area contributed by atoms with E-state index < -0.39 is 26.5 Å². The minimum Gasteiger partial charge on any atom is -0.462 e. The molecule has 344 valence electrons. The molecule has 0 rings (SSSR count). The zero-order chi connectivity index (χ0) is 42.8. The van der Waals surface area contributed by atoms with Crippen molar-refractivity contribution in [2.24, 2.45) is 0 Å². The van der Waals surface area contributed by atoms with Crippen LogP contribution in [0.25, 0.3) is 0 Å². The Bertz CT molecular complexity index is 1000. The number of carbonyl (C=O) groups is 2. The molecular weight excluding hydrogens is 750 g/mol. The topological polar surface area (TPSA) is 108 Å². The van der Waals surface area contributed by atoms with Crippen LogP contribution in [0.1, 0.15) is 232 Å². The molecule has 0 aliphatic carbocycles. The van der Waals surface area contributed by atoms with Crippen molar-refractivity contribution in [2.75, 3.05) is 47.5 Å². The number of hydrogen-bond acceptors (Lipinski definition) is 7. The number of hydrogen-bond donors (Lipinski definition) is 1. The average molecular weight is 845 g/mol. The van der Waals surface area contributed by atoms with Crippen LogP contribution in [0, 0.1) is 0 Å². The van der Waals surface area contributed by atoms with E-state index in [-0.39, 0.29) is 25.6 Å². The molecule has 0 radical (unpaired) electrons. The highest BCUT2D eigenvalue weighted by Gasteiger charge is 2.27. The summed E-state index contributed by atoms with van der Waals surface area (Å²) in [4.78, 5) is 35.4. The van der Waals surface area contributed by atoms with E-state index in [1.165, 1.54) is 148 Å². The number of phosphoric ester groups is 1. The van der Waals surface area contributed by atoms with Gasteiger partial charge in [0.2, 0.25) is 0 Å². The summed E-state index contributed by atoms with van der Waals surface area (Å²) in [7, 11) is 1.48. The van der Waals surface area contributed by atoms with Gasteiger partial charge in [0.25, 0.3) is 0 Å². The maximum atomic E-state index is 12.7. The number of rotatable bonds is 45. The van der Waals surface area contributed by atoms with E-state index in [4.69, 9.17) is 18.5 Å². The van der Waals surface area contributed by atoms with Crippen LogP contribution >= 0.6 is 7.82 Å². The summed E-state index contributed by atoms with van der Waals surface area (Å²) < 4.78 is 34.3. The molecule has 0 aliphatic rings. The van der Waals surface area contributed by atoms with E-state index in [9.17, 15) is 19.0 Å². The maximum Gasteiger partial charge on any atom is 0.472 e. The van der Waals surface area contributed by atoms with Crippen molar-refractivity contribution in [3.8, 4) is 0 Å². The smallest absolute Gasteiger partial charge is 0.462 e. The third-order valence-electron chi connectivity index (χ3n) is 10.8. The predicted octanol–water partition coefficient (Wildman–Crippen LogP) is 14.1. The van der Waals surface area contributed by atoms with E-state index in [0.717, 1.165) is 51.4 Å². The first kappa shape index (κ1) is 56.8. The fraction of sp³-hybridized carbons (Fsp3) is 0.917. The van der Waals surface area contributed by atoms with Crippen molar-refractivity contribution >= 4 is 19.8 Å². The number of unbranched alkanes of at least 4 members (excludes halogenated alkanes) is 29. The number of ether oxygens (including phenoxy) is 2. The molecular formula is C48H95NO8P+. The third kappa shape index (κ3) is 44.3. The number of esters is 2. The first-order chi connectivity index (χ1) is 28.0. The van der Waals surface area contributed by atoms with Crippen molar-refractivity contribution in [1.82, 2.24) is 0 Å². The van der Waals surface area contributed by atoms with Gasteiger partial charge in [-0.15, -0.1) is 0 Å². The zero-order valence-corrected chi connectivity index (χ0v) is 39.7. The minimum absolute atomic E-state index is 0.0332. The second kappa shape index (κ2) is 41.1. The van der Waals surface area contributed by atoms with Crippen LogP contribution in [0.2, 0.25) is 0 Å². The summed E-state index contributed by atoms with van der Waals surface area (Å²) in [6.07, 6.45) is 44.1. The molecule has 2 unspecified atom stereocenters. The SMILES string of the molecule is CCCCC/C=C\CCCCCCCC(=O)OC(COC(=O)CCCCCCCCCCCCCCCCCCCCCCCC)COP(=O)(O)OCC[N+](C)(C)C. The van der Waals surface area contributed by atoms with Crippen molar-refractivity contribution < 1.29 is 42.1 Å². The van der Waals surface area contributed by atoms with E-state index in [1.54, 1.807) is 0 Å². The number of carbonyl (C=O) groups excluding carboxylic acids is 2. The highest BCUT2D eigenvalue weighted by Crippen LogP contribution is 2.43. The normalized spacial score (nSPS) is 13.6. The molecule has 0 fully saturated rings. The van der Waals surface area contributed by atoms with E-state index in [0.29, 0.717) is 23.9 Å². The van der Waals surface area contributed by atoms with Crippen molar-refractivity contribution in [3.63, 3.8) is 0 Å². The Balaban J connectivity index is 4.16. The first-order valence-corrected chi connectivity index (χ1v) is 25.9. The number of quaternary nitrogens is 1. The lowest BCUT2D eigenvalue weighted by atomic mass is 10.0. The molecule has 0 bridgehead atoms. The van der Waals surface area contributed by atoms with E-state index in [1.807, 2.05) is 21.1 Å². The summed E-state index contributed by atoms with van der Waals surface area (Å²) in [6, 6.07) is 0. The standard InChI is InChI=1S/C48H94NO8P/c1-6-8-10-12-14-16-18-20-21-22-23-24-25-26-27-28-29-31-32-34-36-38-40-47(50)54-44-46(45-56-58(52,53)55-43-42-49(3,4)5)57-48(51)41-39-37-35-33-30-19-17-15-13-11-9-7-2/h15,17,46H,6-14,16,18-45H2,1-5H3/p+1/b17-15-. The Morgan fingerprint density at radius 1 is 0.517 bits per heavy atom. The Kier molecular flexibility index (Phi) is 40.2. The molecule has 58 heavy (non-hydrogen) atoms. The van der Waals surface area contributed by atoms with Gasteiger partial charge in [0.15, 0.2) is 6.10 Å². The summed E-state index contributed by atoms with van der Waals surface area (Å²) in [5, 5.41) is 0. The molecule has 0 aromatic carbocycles. The molecule has 0 heterocycles. The lowest BCUT2D eigenvalue weighted by Crippen LogP contribution is -2.37. The van der Waals surface area contributed by atoms with E-state index >= 15 is 0 Å². The van der Waals surface area contributed by atoms with Gasteiger partial charge in [0, 0.05) is 12.8 Å². The molecule has 0 saturated heterocycles. The quantitative estimate of drug-likeness (QED) is 0.0212. The molecule has 0 amide bonds. The van der Waals surface area contributed by atoms with Gasteiger partial charge in [-0.05, 0) is 38.5 Å². The second-order valence-corrected chi connectivity index (χ2v) is 19.3. The summed E-state index contributed by atoms with van der Waals surface area (Å²) in [5.41, 5.74) is 0.